The first-order valence-corrected chi connectivity index (χ1v) is 7.47. The van der Waals surface area contributed by atoms with Crippen LogP contribution in [0.25, 0.3) is 0 Å². The van der Waals surface area contributed by atoms with Crippen LogP contribution in [0.4, 0.5) is 5.69 Å². The number of amides is 2. The minimum absolute atomic E-state index is 0.0941. The van der Waals surface area contributed by atoms with Gasteiger partial charge >= 0.3 is 0 Å². The Morgan fingerprint density at radius 1 is 1.35 bits per heavy atom. The standard InChI is InChI=1S/C14H16BrClN2O2/c1-9(19)18-7-6-17(13(20)14(18,2)3)12-8-10(15)4-5-11(12)16/h4-5,8H,6-7H2,1-3H3. The number of benzene rings is 1. The Kier molecular flexibility index (Phi) is 4.12. The minimum Gasteiger partial charge on any atom is -0.327 e. The summed E-state index contributed by atoms with van der Waals surface area (Å²) in [6.45, 7) is 5.94. The number of hydrogen-bond acceptors (Lipinski definition) is 2. The molecule has 1 aromatic carbocycles. The predicted molar refractivity (Wildman–Crippen MR) is 83.0 cm³/mol. The number of rotatable bonds is 1. The van der Waals surface area contributed by atoms with Gasteiger partial charge in [0.15, 0.2) is 0 Å². The third-order valence-electron chi connectivity index (χ3n) is 3.57. The summed E-state index contributed by atoms with van der Waals surface area (Å²) in [7, 11) is 0. The highest BCUT2D eigenvalue weighted by molar-refractivity contribution is 9.10. The van der Waals surface area contributed by atoms with Crippen molar-refractivity contribution in [3.05, 3.63) is 27.7 Å². The van der Waals surface area contributed by atoms with E-state index >= 15 is 0 Å². The van der Waals surface area contributed by atoms with Gasteiger partial charge in [-0.15, -0.1) is 0 Å². The molecule has 0 saturated carbocycles. The molecule has 20 heavy (non-hydrogen) atoms. The van der Waals surface area contributed by atoms with E-state index in [9.17, 15) is 9.59 Å². The van der Waals surface area contributed by atoms with Crippen LogP contribution in [0.2, 0.25) is 5.02 Å². The molecule has 2 amide bonds. The number of carbonyl (C=O) groups is 2. The molecule has 2 rings (SSSR count). The first-order valence-electron chi connectivity index (χ1n) is 6.30. The second-order valence-corrected chi connectivity index (χ2v) is 6.61. The van der Waals surface area contributed by atoms with Crippen molar-refractivity contribution in [1.82, 2.24) is 4.90 Å². The number of halogens is 2. The lowest BCUT2D eigenvalue weighted by Gasteiger charge is -2.45. The van der Waals surface area contributed by atoms with Crippen LogP contribution in [0.15, 0.2) is 22.7 Å². The molecule has 4 nitrogen and oxygen atoms in total. The fourth-order valence-corrected chi connectivity index (χ4v) is 3.07. The second-order valence-electron chi connectivity index (χ2n) is 5.28. The minimum atomic E-state index is -0.865. The summed E-state index contributed by atoms with van der Waals surface area (Å²) in [5, 5.41) is 0.522. The molecular formula is C14H16BrClN2O2. The Morgan fingerprint density at radius 3 is 2.60 bits per heavy atom. The zero-order valence-corrected chi connectivity index (χ0v) is 14.0. The van der Waals surface area contributed by atoms with Crippen molar-refractivity contribution in [3.8, 4) is 0 Å². The Labute approximate surface area is 131 Å². The van der Waals surface area contributed by atoms with Crippen LogP contribution in [0.5, 0.6) is 0 Å². The average Bonchev–Trinajstić information content (AvgIpc) is 2.35. The monoisotopic (exact) mass is 358 g/mol. The molecule has 108 valence electrons. The van der Waals surface area contributed by atoms with Crippen LogP contribution in [0, 0.1) is 0 Å². The summed E-state index contributed by atoms with van der Waals surface area (Å²) in [4.78, 5) is 27.6. The second kappa shape index (κ2) is 5.37. The summed E-state index contributed by atoms with van der Waals surface area (Å²) in [6.07, 6.45) is 0. The largest absolute Gasteiger partial charge is 0.327 e. The van der Waals surface area contributed by atoms with Crippen LogP contribution in [0.1, 0.15) is 20.8 Å². The molecular weight excluding hydrogens is 344 g/mol. The molecule has 0 atom stereocenters. The Bertz CT molecular complexity index is 574. The van der Waals surface area contributed by atoms with Crippen LogP contribution in [0.3, 0.4) is 0 Å². The van der Waals surface area contributed by atoms with Gasteiger partial charge in [0.2, 0.25) is 5.91 Å². The van der Waals surface area contributed by atoms with Gasteiger partial charge in [0.05, 0.1) is 10.7 Å². The van der Waals surface area contributed by atoms with Crippen molar-refractivity contribution in [3.63, 3.8) is 0 Å². The molecule has 0 aliphatic carbocycles. The summed E-state index contributed by atoms with van der Waals surface area (Å²) >= 11 is 9.58. The van der Waals surface area contributed by atoms with E-state index in [0.29, 0.717) is 23.8 Å². The molecule has 1 aromatic rings. The van der Waals surface area contributed by atoms with E-state index in [1.165, 1.54) is 6.92 Å². The maximum Gasteiger partial charge on any atom is 0.252 e. The molecule has 0 unspecified atom stereocenters. The van der Waals surface area contributed by atoms with Gasteiger partial charge in [-0.05, 0) is 32.0 Å². The lowest BCUT2D eigenvalue weighted by Crippen LogP contribution is -2.64. The molecule has 0 spiro atoms. The van der Waals surface area contributed by atoms with E-state index in [2.05, 4.69) is 15.9 Å². The van der Waals surface area contributed by atoms with Crippen molar-refractivity contribution in [1.29, 1.82) is 0 Å². The molecule has 1 aliphatic rings. The molecule has 1 fully saturated rings. The van der Waals surface area contributed by atoms with E-state index < -0.39 is 5.54 Å². The number of nitrogens with zero attached hydrogens (tertiary/aromatic N) is 2. The molecule has 1 heterocycles. The zero-order valence-electron chi connectivity index (χ0n) is 11.6. The van der Waals surface area contributed by atoms with E-state index in [4.69, 9.17) is 11.6 Å². The van der Waals surface area contributed by atoms with Crippen molar-refractivity contribution >= 4 is 45.0 Å². The molecule has 0 N–H and O–H groups in total. The van der Waals surface area contributed by atoms with Gasteiger partial charge in [-0.3, -0.25) is 9.59 Å². The third-order valence-corrected chi connectivity index (χ3v) is 4.38. The first-order chi connectivity index (χ1) is 9.25. The van der Waals surface area contributed by atoms with Crippen molar-refractivity contribution < 1.29 is 9.59 Å². The van der Waals surface area contributed by atoms with E-state index in [-0.39, 0.29) is 11.8 Å². The topological polar surface area (TPSA) is 40.6 Å². The van der Waals surface area contributed by atoms with E-state index in [0.717, 1.165) is 4.47 Å². The van der Waals surface area contributed by atoms with Crippen LogP contribution in [-0.2, 0) is 9.59 Å². The Balaban J connectivity index is 2.39. The molecule has 0 aromatic heterocycles. The average molecular weight is 360 g/mol. The maximum absolute atomic E-state index is 12.7. The van der Waals surface area contributed by atoms with E-state index in [1.807, 2.05) is 12.1 Å². The van der Waals surface area contributed by atoms with Gasteiger partial charge in [0.1, 0.15) is 5.54 Å². The van der Waals surface area contributed by atoms with Gasteiger partial charge in [-0.25, -0.2) is 0 Å². The highest BCUT2D eigenvalue weighted by atomic mass is 79.9. The Morgan fingerprint density at radius 2 is 2.00 bits per heavy atom. The molecule has 6 heteroatoms. The lowest BCUT2D eigenvalue weighted by molar-refractivity contribution is -0.145. The fraction of sp³-hybridized carbons (Fsp3) is 0.429. The van der Waals surface area contributed by atoms with Gasteiger partial charge in [-0.1, -0.05) is 27.5 Å². The molecule has 1 aliphatic heterocycles. The van der Waals surface area contributed by atoms with Gasteiger partial charge in [0.25, 0.3) is 5.91 Å². The van der Waals surface area contributed by atoms with Crippen LogP contribution >= 0.6 is 27.5 Å². The third kappa shape index (κ3) is 2.56. The number of carbonyl (C=O) groups excluding carboxylic acids is 2. The first kappa shape index (κ1) is 15.3. The van der Waals surface area contributed by atoms with Crippen molar-refractivity contribution in [2.45, 2.75) is 26.3 Å². The lowest BCUT2D eigenvalue weighted by atomic mass is 9.97. The fourth-order valence-electron chi connectivity index (χ4n) is 2.50. The predicted octanol–water partition coefficient (Wildman–Crippen LogP) is 3.08. The van der Waals surface area contributed by atoms with Gasteiger partial charge < -0.3 is 9.80 Å². The quantitative estimate of drug-likeness (QED) is 0.773. The smallest absolute Gasteiger partial charge is 0.252 e. The summed E-state index contributed by atoms with van der Waals surface area (Å²) in [5.41, 5.74) is -0.197. The number of hydrogen-bond donors (Lipinski definition) is 0. The van der Waals surface area contributed by atoms with Gasteiger partial charge in [-0.2, -0.15) is 0 Å². The van der Waals surface area contributed by atoms with Crippen LogP contribution < -0.4 is 4.90 Å². The SMILES string of the molecule is CC(=O)N1CCN(c2cc(Br)ccc2Cl)C(=O)C1(C)C. The van der Waals surface area contributed by atoms with Crippen LogP contribution in [-0.4, -0.2) is 35.3 Å². The molecule has 0 radical (unpaired) electrons. The number of anilines is 1. The highest BCUT2D eigenvalue weighted by Gasteiger charge is 2.43. The van der Waals surface area contributed by atoms with Gasteiger partial charge in [0, 0.05) is 24.5 Å². The molecule has 0 bridgehead atoms. The molecule has 1 saturated heterocycles. The normalized spacial score (nSPS) is 18.4. The van der Waals surface area contributed by atoms with Crippen molar-refractivity contribution in [2.75, 3.05) is 18.0 Å². The highest BCUT2D eigenvalue weighted by Crippen LogP contribution is 2.33. The summed E-state index contributed by atoms with van der Waals surface area (Å²) in [6, 6.07) is 5.39. The van der Waals surface area contributed by atoms with E-state index in [1.54, 1.807) is 29.7 Å². The van der Waals surface area contributed by atoms with Crippen molar-refractivity contribution in [2.24, 2.45) is 0 Å². The Hall–Kier alpha value is -1.07. The summed E-state index contributed by atoms with van der Waals surface area (Å²) < 4.78 is 0.858. The summed E-state index contributed by atoms with van der Waals surface area (Å²) in [5.74, 6) is -0.220. The number of piperazine rings is 1. The zero-order chi connectivity index (χ0) is 15.1. The maximum atomic E-state index is 12.7.